The lowest BCUT2D eigenvalue weighted by molar-refractivity contribution is -0.153. The average Bonchev–Trinajstić information content (AvgIpc) is 2.01. The summed E-state index contributed by atoms with van der Waals surface area (Å²) < 4.78 is 37.4. The maximum Gasteiger partial charge on any atom is 0.375 e. The minimum absolute atomic E-state index is 0.102. The van der Waals surface area contributed by atoms with Crippen molar-refractivity contribution in [1.29, 1.82) is 0 Å². The maximum absolute atomic E-state index is 10.7. The lowest BCUT2D eigenvalue weighted by Gasteiger charge is -2.01. The van der Waals surface area contributed by atoms with E-state index in [2.05, 4.69) is 9.47 Å². The zero-order valence-electron chi connectivity index (χ0n) is 7.43. The van der Waals surface area contributed by atoms with E-state index in [0.29, 0.717) is 0 Å². The molecule has 0 fully saturated rings. The molecule has 0 aromatic heterocycles. The van der Waals surface area contributed by atoms with Gasteiger partial charge in [0, 0.05) is 7.11 Å². The summed E-state index contributed by atoms with van der Waals surface area (Å²) in [6.07, 6.45) is 0. The predicted octanol–water partition coefficient (Wildman–Crippen LogP) is -1.37. The molecular formula is C6H10O7S. The van der Waals surface area contributed by atoms with Crippen molar-refractivity contribution in [3.05, 3.63) is 0 Å². The third-order valence-electron chi connectivity index (χ3n) is 1.06. The lowest BCUT2D eigenvalue weighted by Crippen LogP contribution is -2.26. The third kappa shape index (κ3) is 6.52. The Morgan fingerprint density at radius 1 is 1.29 bits per heavy atom. The first-order valence-corrected chi connectivity index (χ1v) is 5.12. The van der Waals surface area contributed by atoms with E-state index < -0.39 is 27.6 Å². The Balaban J connectivity index is 3.96. The first-order chi connectivity index (χ1) is 6.37. The van der Waals surface area contributed by atoms with Gasteiger partial charge >= 0.3 is 5.97 Å². The van der Waals surface area contributed by atoms with Crippen LogP contribution in [0.2, 0.25) is 0 Å². The minimum Gasteiger partial charge on any atom is -0.457 e. The normalized spacial score (nSPS) is 11.0. The Hall–Kier alpha value is -0.990. The van der Waals surface area contributed by atoms with E-state index in [-0.39, 0.29) is 13.2 Å². The van der Waals surface area contributed by atoms with Crippen LogP contribution in [0.1, 0.15) is 0 Å². The molecule has 14 heavy (non-hydrogen) atoms. The lowest BCUT2D eigenvalue weighted by atomic mass is 10.5. The zero-order chi connectivity index (χ0) is 11.2. The van der Waals surface area contributed by atoms with E-state index >= 15 is 0 Å². The first-order valence-electron chi connectivity index (χ1n) is 3.51. The summed E-state index contributed by atoms with van der Waals surface area (Å²) in [5.41, 5.74) is 0. The first kappa shape index (κ1) is 13.0. The van der Waals surface area contributed by atoms with Gasteiger partial charge in [0.05, 0.1) is 6.61 Å². The molecule has 0 bridgehead atoms. The van der Waals surface area contributed by atoms with Crippen LogP contribution in [-0.2, 0) is 29.2 Å². The van der Waals surface area contributed by atoms with Gasteiger partial charge in [-0.2, -0.15) is 8.42 Å². The Morgan fingerprint density at radius 3 is 2.29 bits per heavy atom. The van der Waals surface area contributed by atoms with Crippen LogP contribution in [0.4, 0.5) is 0 Å². The number of ether oxygens (including phenoxy) is 2. The SMILES string of the molecule is COCCOC(=O)C(=O)CS(=O)(=O)O. The molecule has 0 atom stereocenters. The molecule has 0 radical (unpaired) electrons. The Labute approximate surface area is 80.7 Å². The standard InChI is InChI=1S/C6H10O7S/c1-12-2-3-13-6(8)5(7)4-14(9,10)11/h2-4H2,1H3,(H,9,10,11). The summed E-state index contributed by atoms with van der Waals surface area (Å²) >= 11 is 0. The fourth-order valence-electron chi connectivity index (χ4n) is 0.523. The van der Waals surface area contributed by atoms with Gasteiger partial charge in [0.1, 0.15) is 12.4 Å². The highest BCUT2D eigenvalue weighted by molar-refractivity contribution is 7.86. The van der Waals surface area contributed by atoms with Crippen molar-refractivity contribution in [3.8, 4) is 0 Å². The van der Waals surface area contributed by atoms with Crippen molar-refractivity contribution >= 4 is 21.9 Å². The van der Waals surface area contributed by atoms with Crippen LogP contribution < -0.4 is 0 Å². The van der Waals surface area contributed by atoms with E-state index in [1.54, 1.807) is 0 Å². The molecule has 1 N–H and O–H groups in total. The van der Waals surface area contributed by atoms with E-state index in [9.17, 15) is 18.0 Å². The second-order valence-electron chi connectivity index (χ2n) is 2.28. The van der Waals surface area contributed by atoms with Crippen molar-refractivity contribution in [2.75, 3.05) is 26.1 Å². The quantitative estimate of drug-likeness (QED) is 0.258. The fourth-order valence-corrected chi connectivity index (χ4v) is 0.972. The smallest absolute Gasteiger partial charge is 0.375 e. The monoisotopic (exact) mass is 226 g/mol. The second-order valence-corrected chi connectivity index (χ2v) is 3.73. The molecule has 0 aliphatic carbocycles. The molecule has 82 valence electrons. The topological polar surface area (TPSA) is 107 Å². The molecule has 0 unspecified atom stereocenters. The van der Waals surface area contributed by atoms with Crippen LogP contribution in [-0.4, -0.2) is 50.8 Å². The van der Waals surface area contributed by atoms with Gasteiger partial charge in [-0.15, -0.1) is 0 Å². The molecule has 0 amide bonds. The van der Waals surface area contributed by atoms with E-state index in [1.165, 1.54) is 7.11 Å². The molecule has 7 nitrogen and oxygen atoms in total. The number of Topliss-reactive ketones (excluding diaryl/α,β-unsaturated/α-hetero) is 1. The third-order valence-corrected chi connectivity index (χ3v) is 1.69. The van der Waals surface area contributed by atoms with Gasteiger partial charge in [0.25, 0.3) is 15.9 Å². The van der Waals surface area contributed by atoms with Gasteiger partial charge in [0.15, 0.2) is 0 Å². The van der Waals surface area contributed by atoms with Crippen LogP contribution >= 0.6 is 0 Å². The number of hydrogen-bond donors (Lipinski definition) is 1. The van der Waals surface area contributed by atoms with Gasteiger partial charge < -0.3 is 9.47 Å². The van der Waals surface area contributed by atoms with Gasteiger partial charge in [-0.25, -0.2) is 4.79 Å². The van der Waals surface area contributed by atoms with Crippen LogP contribution in [0.15, 0.2) is 0 Å². The van der Waals surface area contributed by atoms with Crippen LogP contribution in [0.25, 0.3) is 0 Å². The van der Waals surface area contributed by atoms with E-state index in [1.807, 2.05) is 0 Å². The summed E-state index contributed by atoms with van der Waals surface area (Å²) in [5.74, 6) is -3.89. The highest BCUT2D eigenvalue weighted by Crippen LogP contribution is 1.88. The summed E-state index contributed by atoms with van der Waals surface area (Å²) in [6.45, 7) is -0.0442. The number of esters is 1. The van der Waals surface area contributed by atoms with Gasteiger partial charge in [-0.05, 0) is 0 Å². The number of methoxy groups -OCH3 is 1. The number of ketones is 1. The van der Waals surface area contributed by atoms with Crippen molar-refractivity contribution in [1.82, 2.24) is 0 Å². The highest BCUT2D eigenvalue weighted by Gasteiger charge is 2.21. The average molecular weight is 226 g/mol. The molecular weight excluding hydrogens is 216 g/mol. The molecule has 0 aromatic carbocycles. The molecule has 0 aromatic rings. The molecule has 0 saturated heterocycles. The summed E-state index contributed by atoms with van der Waals surface area (Å²) in [7, 11) is -3.11. The molecule has 0 saturated carbocycles. The number of hydrogen-bond acceptors (Lipinski definition) is 6. The highest BCUT2D eigenvalue weighted by atomic mass is 32.2. The Kier molecular flexibility index (Phi) is 5.28. The fraction of sp³-hybridized carbons (Fsp3) is 0.667. The van der Waals surface area contributed by atoms with E-state index in [0.717, 1.165) is 0 Å². The number of carbonyl (C=O) groups excluding carboxylic acids is 2. The predicted molar refractivity (Wildman–Crippen MR) is 44.3 cm³/mol. The summed E-state index contributed by atoms with van der Waals surface area (Å²) in [5, 5.41) is 0. The second kappa shape index (κ2) is 5.68. The van der Waals surface area contributed by atoms with Crippen molar-refractivity contribution in [2.45, 2.75) is 0 Å². The van der Waals surface area contributed by atoms with Gasteiger partial charge in [0.2, 0.25) is 0 Å². The van der Waals surface area contributed by atoms with Crippen molar-refractivity contribution in [3.63, 3.8) is 0 Å². The van der Waals surface area contributed by atoms with Crippen LogP contribution in [0, 0.1) is 0 Å². The Morgan fingerprint density at radius 2 is 1.86 bits per heavy atom. The van der Waals surface area contributed by atoms with Gasteiger partial charge in [-0.1, -0.05) is 0 Å². The number of carbonyl (C=O) groups is 2. The minimum atomic E-state index is -4.48. The Bertz CT molecular complexity index is 304. The molecule has 0 spiro atoms. The molecule has 0 rings (SSSR count). The maximum atomic E-state index is 10.7. The molecule has 0 aliphatic heterocycles. The molecule has 0 heterocycles. The van der Waals surface area contributed by atoms with Crippen LogP contribution in [0.5, 0.6) is 0 Å². The number of rotatable bonds is 6. The van der Waals surface area contributed by atoms with E-state index in [4.69, 9.17) is 4.55 Å². The van der Waals surface area contributed by atoms with Crippen molar-refractivity contribution in [2.24, 2.45) is 0 Å². The summed E-state index contributed by atoms with van der Waals surface area (Å²) in [6, 6.07) is 0. The van der Waals surface area contributed by atoms with Crippen molar-refractivity contribution < 1.29 is 32.0 Å². The summed E-state index contributed by atoms with van der Waals surface area (Å²) in [4.78, 5) is 21.4. The zero-order valence-corrected chi connectivity index (χ0v) is 8.24. The van der Waals surface area contributed by atoms with Crippen LogP contribution in [0.3, 0.4) is 0 Å². The molecule has 8 heteroatoms. The van der Waals surface area contributed by atoms with Gasteiger partial charge in [-0.3, -0.25) is 9.35 Å². The molecule has 0 aliphatic rings. The largest absolute Gasteiger partial charge is 0.457 e.